The second-order valence-electron chi connectivity index (χ2n) is 4.97. The van der Waals surface area contributed by atoms with Crippen LogP contribution in [0.15, 0.2) is 55.1 Å². The Bertz CT molecular complexity index is 818. The average molecular weight is 277 g/mol. The van der Waals surface area contributed by atoms with Crippen molar-refractivity contribution in [3.05, 3.63) is 66.2 Å². The molecule has 2 aromatic carbocycles. The van der Waals surface area contributed by atoms with Crippen LogP contribution in [0.2, 0.25) is 0 Å². The highest BCUT2D eigenvalue weighted by Crippen LogP contribution is 2.30. The Morgan fingerprint density at radius 1 is 0.952 bits per heavy atom. The minimum Gasteiger partial charge on any atom is -0.319 e. The molecule has 0 N–H and O–H groups in total. The number of carbonyl (C=O) groups is 2. The van der Waals surface area contributed by atoms with Gasteiger partial charge in [0.15, 0.2) is 0 Å². The smallest absolute Gasteiger partial charge is 0.262 e. The van der Waals surface area contributed by atoms with Crippen LogP contribution in [0.4, 0.5) is 0 Å². The summed E-state index contributed by atoms with van der Waals surface area (Å²) in [5.74, 6) is -0.531. The van der Waals surface area contributed by atoms with Gasteiger partial charge in [-0.05, 0) is 17.5 Å². The molecule has 5 heteroatoms. The summed E-state index contributed by atoms with van der Waals surface area (Å²) >= 11 is 0. The molecule has 2 heterocycles. The van der Waals surface area contributed by atoms with Crippen molar-refractivity contribution in [1.29, 1.82) is 0 Å². The molecule has 21 heavy (non-hydrogen) atoms. The second-order valence-corrected chi connectivity index (χ2v) is 4.97. The maximum absolute atomic E-state index is 12.6. The van der Waals surface area contributed by atoms with Gasteiger partial charge >= 0.3 is 0 Å². The monoisotopic (exact) mass is 277 g/mol. The minimum absolute atomic E-state index is 0.169. The van der Waals surface area contributed by atoms with E-state index in [0.717, 1.165) is 10.8 Å². The maximum Gasteiger partial charge on any atom is 0.262 e. The van der Waals surface area contributed by atoms with E-state index >= 15 is 0 Å². The Morgan fingerprint density at radius 2 is 1.62 bits per heavy atom. The van der Waals surface area contributed by atoms with Gasteiger partial charge in [-0.2, -0.15) is 0 Å². The van der Waals surface area contributed by atoms with Crippen molar-refractivity contribution in [2.24, 2.45) is 0 Å². The molecule has 0 fully saturated rings. The van der Waals surface area contributed by atoms with Crippen molar-refractivity contribution in [2.75, 3.05) is 0 Å². The summed E-state index contributed by atoms with van der Waals surface area (Å²) in [5.41, 5.74) is 1.14. The van der Waals surface area contributed by atoms with Gasteiger partial charge in [-0.15, -0.1) is 0 Å². The number of nitrogens with zero attached hydrogens (tertiary/aromatic N) is 3. The van der Waals surface area contributed by atoms with E-state index in [-0.39, 0.29) is 18.5 Å². The zero-order valence-corrected chi connectivity index (χ0v) is 11.1. The molecular weight excluding hydrogens is 266 g/mol. The average Bonchev–Trinajstić information content (AvgIpc) is 3.02. The molecule has 102 valence electrons. The molecule has 0 saturated carbocycles. The largest absolute Gasteiger partial charge is 0.319 e. The molecule has 0 aliphatic carbocycles. The summed E-state index contributed by atoms with van der Waals surface area (Å²) < 4.78 is 1.70. The van der Waals surface area contributed by atoms with Crippen molar-refractivity contribution >= 4 is 22.6 Å². The van der Waals surface area contributed by atoms with Crippen LogP contribution >= 0.6 is 0 Å². The van der Waals surface area contributed by atoms with Gasteiger partial charge in [-0.1, -0.05) is 24.3 Å². The molecule has 0 bridgehead atoms. The molecular formula is C16H11N3O2. The van der Waals surface area contributed by atoms with E-state index in [0.29, 0.717) is 11.1 Å². The summed E-state index contributed by atoms with van der Waals surface area (Å²) in [6.45, 7) is 0.169. The summed E-state index contributed by atoms with van der Waals surface area (Å²) in [6, 6.07) is 11.0. The quantitative estimate of drug-likeness (QED) is 0.675. The molecule has 3 aromatic rings. The van der Waals surface area contributed by atoms with Crippen molar-refractivity contribution < 1.29 is 9.59 Å². The standard InChI is InChI=1S/C16H11N3O2/c20-15-12-5-1-3-11-4-2-6-13(14(11)12)16(21)19(15)10-18-8-7-17-9-18/h1-9H,10H2. The first-order valence-corrected chi connectivity index (χ1v) is 6.59. The lowest BCUT2D eigenvalue weighted by molar-refractivity contribution is 0.0561. The zero-order chi connectivity index (χ0) is 14.4. The van der Waals surface area contributed by atoms with Crippen LogP contribution in [0.1, 0.15) is 20.7 Å². The summed E-state index contributed by atoms with van der Waals surface area (Å²) in [4.78, 5) is 30.4. The number of amides is 2. The van der Waals surface area contributed by atoms with E-state index in [1.807, 2.05) is 24.3 Å². The van der Waals surface area contributed by atoms with Crippen LogP contribution in [-0.2, 0) is 6.67 Å². The highest BCUT2D eigenvalue weighted by molar-refractivity contribution is 6.25. The van der Waals surface area contributed by atoms with Crippen LogP contribution in [0, 0.1) is 0 Å². The number of benzene rings is 2. The van der Waals surface area contributed by atoms with Crippen LogP contribution in [0.25, 0.3) is 10.8 Å². The Balaban J connectivity index is 1.89. The maximum atomic E-state index is 12.6. The fourth-order valence-corrected chi connectivity index (χ4v) is 2.74. The van der Waals surface area contributed by atoms with E-state index in [1.54, 1.807) is 35.4 Å². The SMILES string of the molecule is O=C1c2cccc3cccc(c23)C(=O)N1Cn1ccnc1. The van der Waals surface area contributed by atoms with Crippen molar-refractivity contribution in [1.82, 2.24) is 14.5 Å². The first-order valence-electron chi connectivity index (χ1n) is 6.59. The molecule has 4 rings (SSSR count). The van der Waals surface area contributed by atoms with Crippen LogP contribution < -0.4 is 0 Å². The number of imide groups is 1. The van der Waals surface area contributed by atoms with E-state index in [1.165, 1.54) is 4.90 Å². The van der Waals surface area contributed by atoms with E-state index in [4.69, 9.17) is 0 Å². The van der Waals surface area contributed by atoms with Gasteiger partial charge in [0.1, 0.15) is 6.67 Å². The topological polar surface area (TPSA) is 55.2 Å². The number of hydrogen-bond donors (Lipinski definition) is 0. The number of carbonyl (C=O) groups excluding carboxylic acids is 2. The summed E-state index contributed by atoms with van der Waals surface area (Å²) in [5, 5.41) is 1.66. The van der Waals surface area contributed by atoms with Gasteiger partial charge in [0.25, 0.3) is 11.8 Å². The first-order chi connectivity index (χ1) is 10.3. The van der Waals surface area contributed by atoms with Gasteiger partial charge in [0, 0.05) is 28.9 Å². The predicted molar refractivity (Wildman–Crippen MR) is 76.7 cm³/mol. The van der Waals surface area contributed by atoms with E-state index < -0.39 is 0 Å². The molecule has 1 aromatic heterocycles. The van der Waals surface area contributed by atoms with Gasteiger partial charge in [-0.3, -0.25) is 14.5 Å². The Labute approximate surface area is 120 Å². The van der Waals surface area contributed by atoms with Gasteiger partial charge in [0.05, 0.1) is 6.33 Å². The fourth-order valence-electron chi connectivity index (χ4n) is 2.74. The molecule has 0 spiro atoms. The fraction of sp³-hybridized carbons (Fsp3) is 0.0625. The second kappa shape index (κ2) is 4.28. The lowest BCUT2D eigenvalue weighted by Crippen LogP contribution is -2.41. The molecule has 0 atom stereocenters. The number of hydrogen-bond acceptors (Lipinski definition) is 3. The van der Waals surface area contributed by atoms with Crippen LogP contribution in [0.3, 0.4) is 0 Å². The first kappa shape index (κ1) is 11.8. The third-order valence-electron chi connectivity index (χ3n) is 3.72. The molecule has 5 nitrogen and oxygen atoms in total. The lowest BCUT2D eigenvalue weighted by atomic mass is 9.94. The summed E-state index contributed by atoms with van der Waals surface area (Å²) in [7, 11) is 0. The lowest BCUT2D eigenvalue weighted by Gasteiger charge is -2.27. The molecule has 0 unspecified atom stereocenters. The third kappa shape index (κ3) is 1.67. The number of rotatable bonds is 2. The highest BCUT2D eigenvalue weighted by atomic mass is 16.2. The van der Waals surface area contributed by atoms with Crippen LogP contribution in [0.5, 0.6) is 0 Å². The van der Waals surface area contributed by atoms with E-state index in [9.17, 15) is 9.59 Å². The molecule has 1 aliphatic heterocycles. The Hall–Kier alpha value is -2.95. The van der Waals surface area contributed by atoms with Crippen molar-refractivity contribution in [3.63, 3.8) is 0 Å². The Morgan fingerprint density at radius 3 is 2.19 bits per heavy atom. The number of imidazole rings is 1. The highest BCUT2D eigenvalue weighted by Gasteiger charge is 2.32. The zero-order valence-electron chi connectivity index (χ0n) is 11.1. The molecule has 0 saturated heterocycles. The minimum atomic E-state index is -0.266. The van der Waals surface area contributed by atoms with Gasteiger partial charge < -0.3 is 4.57 Å². The van der Waals surface area contributed by atoms with E-state index in [2.05, 4.69) is 4.98 Å². The van der Waals surface area contributed by atoms with Crippen molar-refractivity contribution in [3.8, 4) is 0 Å². The van der Waals surface area contributed by atoms with Gasteiger partial charge in [0.2, 0.25) is 0 Å². The normalized spacial score (nSPS) is 14.0. The number of aromatic nitrogens is 2. The van der Waals surface area contributed by atoms with Gasteiger partial charge in [-0.25, -0.2) is 4.98 Å². The Kier molecular flexibility index (Phi) is 2.41. The molecule has 0 radical (unpaired) electrons. The van der Waals surface area contributed by atoms with Crippen molar-refractivity contribution in [2.45, 2.75) is 6.67 Å². The molecule has 1 aliphatic rings. The molecule has 2 amide bonds. The third-order valence-corrected chi connectivity index (χ3v) is 3.72. The summed E-state index contributed by atoms with van der Waals surface area (Å²) in [6.07, 6.45) is 4.93. The van der Waals surface area contributed by atoms with Crippen LogP contribution in [-0.4, -0.2) is 26.3 Å². The predicted octanol–water partition coefficient (Wildman–Crippen LogP) is 2.29.